The van der Waals surface area contributed by atoms with Crippen LogP contribution in [0.15, 0.2) is 146 Å². The van der Waals surface area contributed by atoms with Crippen molar-refractivity contribution in [2.75, 3.05) is 0 Å². The fraction of sp³-hybridized carbons (Fsp3) is 0.0500. The Labute approximate surface area is 250 Å². The summed E-state index contributed by atoms with van der Waals surface area (Å²) in [6.07, 6.45) is 1.47. The molecule has 0 unspecified atom stereocenters. The third kappa shape index (κ3) is 6.07. The number of fused-ring (bicyclic) bond motifs is 1. The molecule has 0 aliphatic carbocycles. The van der Waals surface area contributed by atoms with E-state index in [4.69, 9.17) is 0 Å². The van der Waals surface area contributed by atoms with Crippen LogP contribution in [0.5, 0.6) is 0 Å². The molecule has 0 radical (unpaired) electrons. The van der Waals surface area contributed by atoms with Crippen LogP contribution in [0.4, 0.5) is 13.2 Å². The molecule has 0 aliphatic heterocycles. The second kappa shape index (κ2) is 11.6. The molecule has 0 aliphatic rings. The highest BCUT2D eigenvalue weighted by molar-refractivity contribution is 5.91. The molecule has 0 fully saturated rings. The topological polar surface area (TPSA) is 0 Å². The highest BCUT2D eigenvalue weighted by atomic mass is 19.4. The van der Waals surface area contributed by atoms with E-state index in [0.29, 0.717) is 0 Å². The molecular formula is C40H29F3. The zero-order valence-corrected chi connectivity index (χ0v) is 23.7. The van der Waals surface area contributed by atoms with Crippen molar-refractivity contribution in [3.8, 4) is 44.5 Å². The Bertz CT molecular complexity index is 1940. The van der Waals surface area contributed by atoms with Gasteiger partial charge in [-0.1, -0.05) is 128 Å². The molecule has 0 bridgehead atoms. The molecule has 6 rings (SSSR count). The molecule has 0 atom stereocenters. The van der Waals surface area contributed by atoms with E-state index in [1.807, 2.05) is 30.3 Å². The minimum atomic E-state index is -4.34. The van der Waals surface area contributed by atoms with Crippen LogP contribution in [0.25, 0.3) is 61.4 Å². The maximum absolute atomic E-state index is 12.9. The molecule has 0 aromatic heterocycles. The highest BCUT2D eigenvalue weighted by Gasteiger charge is 2.29. The molecule has 0 saturated heterocycles. The van der Waals surface area contributed by atoms with E-state index in [2.05, 4.69) is 98.4 Å². The summed E-state index contributed by atoms with van der Waals surface area (Å²) in [7, 11) is 0. The molecular weight excluding hydrogens is 537 g/mol. The summed E-state index contributed by atoms with van der Waals surface area (Å²) in [5.41, 5.74) is 10.2. The number of benzene rings is 6. The minimum Gasteiger partial charge on any atom is -0.166 e. The number of halogens is 3. The first-order valence-electron chi connectivity index (χ1n) is 14.1. The summed E-state index contributed by atoms with van der Waals surface area (Å²) >= 11 is 0. The smallest absolute Gasteiger partial charge is 0.166 e. The van der Waals surface area contributed by atoms with Crippen LogP contribution in [0, 0.1) is 6.92 Å². The van der Waals surface area contributed by atoms with Gasteiger partial charge in [0.15, 0.2) is 0 Å². The molecule has 6 aromatic carbocycles. The lowest BCUT2D eigenvalue weighted by atomic mass is 9.95. The summed E-state index contributed by atoms with van der Waals surface area (Å²) in [4.78, 5) is 0. The monoisotopic (exact) mass is 566 g/mol. The molecule has 0 nitrogen and oxygen atoms in total. The molecule has 43 heavy (non-hydrogen) atoms. The average Bonchev–Trinajstić information content (AvgIpc) is 3.03. The van der Waals surface area contributed by atoms with Crippen molar-refractivity contribution < 1.29 is 13.2 Å². The standard InChI is InChI=1S/C40H29F3/c1-3-4-5-28-6-17-35(24-27(28)2)31-11-13-33(14-12-31)37-19-16-34-15-18-36(25-38(34)26-37)32-9-7-29(8-10-32)30-20-22-39(23-21-30)40(41,42)43/h3-26H,1H2,2H3/b5-4-. The summed E-state index contributed by atoms with van der Waals surface area (Å²) in [5.74, 6) is 0. The van der Waals surface area contributed by atoms with Gasteiger partial charge < -0.3 is 0 Å². The van der Waals surface area contributed by atoms with Gasteiger partial charge in [0.25, 0.3) is 0 Å². The zero-order valence-electron chi connectivity index (χ0n) is 23.7. The third-order valence-corrected chi connectivity index (χ3v) is 7.84. The molecule has 0 heterocycles. The minimum absolute atomic E-state index is 0.642. The van der Waals surface area contributed by atoms with Crippen LogP contribution in [0.2, 0.25) is 0 Å². The van der Waals surface area contributed by atoms with Gasteiger partial charge in [0.2, 0.25) is 0 Å². The largest absolute Gasteiger partial charge is 0.416 e. The van der Waals surface area contributed by atoms with E-state index in [9.17, 15) is 13.2 Å². The molecule has 0 amide bonds. The molecule has 0 spiro atoms. The van der Waals surface area contributed by atoms with Gasteiger partial charge in [-0.05, 0) is 97.6 Å². The van der Waals surface area contributed by atoms with E-state index >= 15 is 0 Å². The van der Waals surface area contributed by atoms with Crippen molar-refractivity contribution in [3.05, 3.63) is 163 Å². The number of allylic oxidation sites excluding steroid dienone is 2. The number of alkyl halides is 3. The Balaban J connectivity index is 1.23. The summed E-state index contributed by atoms with van der Waals surface area (Å²) in [6, 6.07) is 41.3. The third-order valence-electron chi connectivity index (χ3n) is 7.84. The first-order valence-corrected chi connectivity index (χ1v) is 14.1. The van der Waals surface area contributed by atoms with E-state index in [0.717, 1.165) is 56.3 Å². The van der Waals surface area contributed by atoms with Crippen molar-refractivity contribution in [1.29, 1.82) is 0 Å². The van der Waals surface area contributed by atoms with Crippen LogP contribution in [-0.4, -0.2) is 0 Å². The number of rotatable bonds is 6. The highest BCUT2D eigenvalue weighted by Crippen LogP contribution is 2.33. The first kappa shape index (κ1) is 28.0. The quantitative estimate of drug-likeness (QED) is 0.176. The van der Waals surface area contributed by atoms with Crippen LogP contribution < -0.4 is 0 Å². The predicted octanol–water partition coefficient (Wildman–Crippen LogP) is 12.0. The summed E-state index contributed by atoms with van der Waals surface area (Å²) < 4.78 is 38.8. The first-order chi connectivity index (χ1) is 20.8. The van der Waals surface area contributed by atoms with Gasteiger partial charge in [0, 0.05) is 0 Å². The van der Waals surface area contributed by atoms with Crippen molar-refractivity contribution in [1.82, 2.24) is 0 Å². The van der Waals surface area contributed by atoms with Crippen molar-refractivity contribution in [2.45, 2.75) is 13.1 Å². The SMILES string of the molecule is C=C/C=C\c1ccc(-c2ccc(-c3ccc4ccc(-c5ccc(-c6ccc(C(F)(F)F)cc6)cc5)cc4c3)cc2)cc1C. The van der Waals surface area contributed by atoms with Crippen LogP contribution in [0.1, 0.15) is 16.7 Å². The summed E-state index contributed by atoms with van der Waals surface area (Å²) in [6.45, 7) is 5.87. The van der Waals surface area contributed by atoms with E-state index in [-0.39, 0.29) is 0 Å². The second-order valence-electron chi connectivity index (χ2n) is 10.7. The van der Waals surface area contributed by atoms with Crippen LogP contribution in [-0.2, 0) is 6.18 Å². The Morgan fingerprint density at radius 1 is 0.488 bits per heavy atom. The lowest BCUT2D eigenvalue weighted by Crippen LogP contribution is -2.03. The van der Waals surface area contributed by atoms with Gasteiger partial charge in [-0.25, -0.2) is 0 Å². The van der Waals surface area contributed by atoms with Crippen molar-refractivity contribution in [3.63, 3.8) is 0 Å². The van der Waals surface area contributed by atoms with E-state index in [1.54, 1.807) is 6.08 Å². The van der Waals surface area contributed by atoms with E-state index in [1.165, 1.54) is 34.4 Å². The van der Waals surface area contributed by atoms with Crippen LogP contribution >= 0.6 is 0 Å². The van der Waals surface area contributed by atoms with Gasteiger partial charge in [-0.3, -0.25) is 0 Å². The normalized spacial score (nSPS) is 11.7. The number of hydrogen-bond donors (Lipinski definition) is 0. The Morgan fingerprint density at radius 3 is 1.33 bits per heavy atom. The second-order valence-corrected chi connectivity index (χ2v) is 10.7. The van der Waals surface area contributed by atoms with Crippen LogP contribution in [0.3, 0.4) is 0 Å². The fourth-order valence-corrected chi connectivity index (χ4v) is 5.38. The van der Waals surface area contributed by atoms with E-state index < -0.39 is 11.7 Å². The average molecular weight is 567 g/mol. The van der Waals surface area contributed by atoms with Gasteiger partial charge >= 0.3 is 6.18 Å². The number of aryl methyl sites for hydroxylation is 1. The van der Waals surface area contributed by atoms with Crippen molar-refractivity contribution >= 4 is 16.8 Å². The fourth-order valence-electron chi connectivity index (χ4n) is 5.38. The Morgan fingerprint density at radius 2 is 0.884 bits per heavy atom. The van der Waals surface area contributed by atoms with Gasteiger partial charge in [0.1, 0.15) is 0 Å². The Hall–Kier alpha value is -5.15. The molecule has 210 valence electrons. The van der Waals surface area contributed by atoms with Gasteiger partial charge in [-0.15, -0.1) is 0 Å². The van der Waals surface area contributed by atoms with Crippen molar-refractivity contribution in [2.24, 2.45) is 0 Å². The zero-order chi connectivity index (χ0) is 30.0. The maximum atomic E-state index is 12.9. The molecule has 3 heteroatoms. The number of hydrogen-bond acceptors (Lipinski definition) is 0. The molecule has 6 aromatic rings. The predicted molar refractivity (Wildman–Crippen MR) is 175 cm³/mol. The van der Waals surface area contributed by atoms with Gasteiger partial charge in [-0.2, -0.15) is 13.2 Å². The molecule has 0 N–H and O–H groups in total. The summed E-state index contributed by atoms with van der Waals surface area (Å²) in [5, 5.41) is 2.30. The lowest BCUT2D eigenvalue weighted by molar-refractivity contribution is -0.137. The molecule has 0 saturated carbocycles. The lowest BCUT2D eigenvalue weighted by Gasteiger charge is -2.10. The Kier molecular flexibility index (Phi) is 7.56. The van der Waals surface area contributed by atoms with Gasteiger partial charge in [0.05, 0.1) is 5.56 Å². The maximum Gasteiger partial charge on any atom is 0.416 e.